The number of benzene rings is 3. The molecule has 38 heavy (non-hydrogen) atoms. The van der Waals surface area contributed by atoms with Gasteiger partial charge in [-0.15, -0.1) is 0 Å². The lowest BCUT2D eigenvalue weighted by atomic mass is 9.88. The first-order chi connectivity index (χ1) is 18.3. The van der Waals surface area contributed by atoms with Gasteiger partial charge in [0.1, 0.15) is 18.2 Å². The molecule has 0 radical (unpaired) electrons. The molecule has 1 aromatic heterocycles. The molecular formula is C28H22Br3Cl2N3O2. The van der Waals surface area contributed by atoms with Gasteiger partial charge in [0.15, 0.2) is 0 Å². The molecule has 1 saturated carbocycles. The Kier molecular flexibility index (Phi) is 8.95. The fourth-order valence-corrected chi connectivity index (χ4v) is 6.88. The monoisotopic (exact) mass is 739 g/mol. The van der Waals surface area contributed by atoms with Gasteiger partial charge in [0.2, 0.25) is 0 Å². The Balaban J connectivity index is 1.47. The molecule has 1 aliphatic carbocycles. The zero-order valence-electron chi connectivity index (χ0n) is 20.1. The lowest BCUT2D eigenvalue weighted by Gasteiger charge is -2.22. The lowest BCUT2D eigenvalue weighted by Crippen LogP contribution is -2.25. The molecule has 0 bridgehead atoms. The summed E-state index contributed by atoms with van der Waals surface area (Å²) in [6.45, 7) is 0.277. The topological polar surface area (TPSA) is 56.5 Å². The maximum atomic E-state index is 13.6. The molecule has 1 heterocycles. The second-order valence-electron chi connectivity index (χ2n) is 9.17. The number of aromatic nitrogens is 2. The highest BCUT2D eigenvalue weighted by Crippen LogP contribution is 2.36. The van der Waals surface area contributed by atoms with E-state index in [9.17, 15) is 4.79 Å². The molecule has 10 heteroatoms. The van der Waals surface area contributed by atoms with Gasteiger partial charge in [0.25, 0.3) is 5.56 Å². The second-order valence-corrected chi connectivity index (χ2v) is 12.6. The second kappa shape index (κ2) is 12.2. The smallest absolute Gasteiger partial charge is 0.282 e. The quantitative estimate of drug-likeness (QED) is 0.185. The van der Waals surface area contributed by atoms with Gasteiger partial charge < -0.3 is 4.74 Å². The molecule has 5 rings (SSSR count). The summed E-state index contributed by atoms with van der Waals surface area (Å²) in [5, 5.41) is 6.29. The van der Waals surface area contributed by atoms with Crippen LogP contribution in [0, 0.1) is 0 Å². The van der Waals surface area contributed by atoms with Crippen LogP contribution >= 0.6 is 71.0 Å². The van der Waals surface area contributed by atoms with Crippen LogP contribution in [0.15, 0.2) is 71.8 Å². The van der Waals surface area contributed by atoms with Crippen LogP contribution in [0.1, 0.15) is 55.0 Å². The largest absolute Gasteiger partial charge is 0.486 e. The summed E-state index contributed by atoms with van der Waals surface area (Å²) in [7, 11) is 0. The first-order valence-electron chi connectivity index (χ1n) is 12.1. The summed E-state index contributed by atoms with van der Waals surface area (Å²) >= 11 is 23.0. The van der Waals surface area contributed by atoms with E-state index in [0.29, 0.717) is 26.7 Å². The van der Waals surface area contributed by atoms with Gasteiger partial charge in [-0.2, -0.15) is 9.78 Å². The predicted molar refractivity (Wildman–Crippen MR) is 165 cm³/mol. The highest BCUT2D eigenvalue weighted by Gasteiger charge is 2.22. The van der Waals surface area contributed by atoms with E-state index in [-0.39, 0.29) is 18.1 Å². The van der Waals surface area contributed by atoms with Crippen molar-refractivity contribution in [2.24, 2.45) is 5.10 Å². The molecule has 0 unspecified atom stereocenters. The number of hydrogen-bond acceptors (Lipinski definition) is 4. The van der Waals surface area contributed by atoms with Crippen molar-refractivity contribution in [3.05, 3.63) is 99.3 Å². The Labute approximate surface area is 255 Å². The van der Waals surface area contributed by atoms with E-state index in [1.54, 1.807) is 24.4 Å². The van der Waals surface area contributed by atoms with E-state index in [4.69, 9.17) is 32.9 Å². The third-order valence-corrected chi connectivity index (χ3v) is 8.79. The Hall–Kier alpha value is -1.71. The number of ether oxygens (including phenoxy) is 1. The van der Waals surface area contributed by atoms with Gasteiger partial charge in [-0.05, 0) is 92.7 Å². The number of hydrogen-bond donors (Lipinski definition) is 0. The van der Waals surface area contributed by atoms with E-state index < -0.39 is 0 Å². The minimum Gasteiger partial charge on any atom is -0.486 e. The Bertz CT molecular complexity index is 1580. The summed E-state index contributed by atoms with van der Waals surface area (Å²) in [6.07, 6.45) is 7.16. The summed E-state index contributed by atoms with van der Waals surface area (Å²) in [4.78, 5) is 18.5. The number of halogens is 5. The zero-order valence-corrected chi connectivity index (χ0v) is 26.3. The summed E-state index contributed by atoms with van der Waals surface area (Å²) in [6, 6.07) is 14.7. The third-order valence-electron chi connectivity index (χ3n) is 6.53. The van der Waals surface area contributed by atoms with Gasteiger partial charge in [0, 0.05) is 26.0 Å². The molecule has 196 valence electrons. The minimum atomic E-state index is -0.175. The molecule has 0 N–H and O–H groups in total. The van der Waals surface area contributed by atoms with Crippen LogP contribution in [-0.4, -0.2) is 15.9 Å². The van der Waals surface area contributed by atoms with Crippen molar-refractivity contribution >= 4 is 88.1 Å². The van der Waals surface area contributed by atoms with Crippen LogP contribution < -0.4 is 10.3 Å². The van der Waals surface area contributed by atoms with Gasteiger partial charge in [-0.1, -0.05) is 64.5 Å². The highest BCUT2D eigenvalue weighted by molar-refractivity contribution is 9.11. The molecule has 4 aromatic rings. The summed E-state index contributed by atoms with van der Waals surface area (Å²) < 4.78 is 9.80. The van der Waals surface area contributed by atoms with Gasteiger partial charge in [0.05, 0.1) is 26.1 Å². The maximum absolute atomic E-state index is 13.6. The molecule has 5 nitrogen and oxygen atoms in total. The molecule has 0 atom stereocenters. The van der Waals surface area contributed by atoms with E-state index in [1.807, 2.05) is 30.3 Å². The van der Waals surface area contributed by atoms with E-state index in [1.165, 1.54) is 11.1 Å². The Morgan fingerprint density at radius 2 is 1.74 bits per heavy atom. The van der Waals surface area contributed by atoms with Crippen LogP contribution in [0.5, 0.6) is 5.75 Å². The minimum absolute atomic E-state index is 0.175. The first kappa shape index (κ1) is 27.8. The SMILES string of the molecule is O=c1c2cc(Br)ccc2nc(C2CCCCC2)n1N=Cc1cc(Br)c(OCc2ccc(Cl)cc2Cl)c(Br)c1. The standard InChI is InChI=1S/C28H22Br3Cl2N3O2/c29-19-7-9-25-21(12-19)28(37)36(27(35-25)17-4-2-1-3-5-17)34-14-16-10-22(30)26(23(31)11-16)38-15-18-6-8-20(32)13-24(18)33/h6-14,17H,1-5,15H2. The van der Waals surface area contributed by atoms with Crippen LogP contribution in [0.4, 0.5) is 0 Å². The first-order valence-corrected chi connectivity index (χ1v) is 15.3. The van der Waals surface area contributed by atoms with Crippen LogP contribution in [0.25, 0.3) is 10.9 Å². The fourth-order valence-electron chi connectivity index (χ4n) is 4.61. The van der Waals surface area contributed by atoms with Crippen molar-refractivity contribution in [1.29, 1.82) is 0 Å². The van der Waals surface area contributed by atoms with Crippen molar-refractivity contribution < 1.29 is 4.74 Å². The molecule has 0 amide bonds. The third kappa shape index (κ3) is 6.20. The zero-order chi connectivity index (χ0) is 26.8. The van der Waals surface area contributed by atoms with E-state index >= 15 is 0 Å². The van der Waals surface area contributed by atoms with Crippen molar-refractivity contribution in [3.8, 4) is 5.75 Å². The normalized spacial score (nSPS) is 14.4. The molecule has 0 aliphatic heterocycles. The number of fused-ring (bicyclic) bond motifs is 1. The molecule has 0 spiro atoms. The molecular weight excluding hydrogens is 721 g/mol. The van der Waals surface area contributed by atoms with Crippen LogP contribution in [0.3, 0.4) is 0 Å². The van der Waals surface area contributed by atoms with E-state index in [0.717, 1.165) is 56.1 Å². The van der Waals surface area contributed by atoms with Gasteiger partial charge in [-0.25, -0.2) is 4.98 Å². The van der Waals surface area contributed by atoms with Crippen molar-refractivity contribution in [3.63, 3.8) is 0 Å². The Morgan fingerprint density at radius 1 is 1.00 bits per heavy atom. The average Bonchev–Trinajstić information content (AvgIpc) is 2.89. The fraction of sp³-hybridized carbons (Fsp3) is 0.250. The molecule has 1 fully saturated rings. The van der Waals surface area contributed by atoms with Crippen molar-refractivity contribution in [1.82, 2.24) is 9.66 Å². The van der Waals surface area contributed by atoms with Crippen molar-refractivity contribution in [2.75, 3.05) is 0 Å². The maximum Gasteiger partial charge on any atom is 0.282 e. The van der Waals surface area contributed by atoms with E-state index in [2.05, 4.69) is 52.9 Å². The predicted octanol–water partition coefficient (Wildman–Crippen LogP) is 9.50. The lowest BCUT2D eigenvalue weighted by molar-refractivity contribution is 0.302. The highest BCUT2D eigenvalue weighted by atomic mass is 79.9. The number of nitrogens with zero attached hydrogens (tertiary/aromatic N) is 3. The van der Waals surface area contributed by atoms with Gasteiger partial charge in [-0.3, -0.25) is 4.79 Å². The molecule has 0 saturated heterocycles. The van der Waals surface area contributed by atoms with Crippen LogP contribution in [0.2, 0.25) is 10.0 Å². The number of rotatable bonds is 6. The van der Waals surface area contributed by atoms with Crippen LogP contribution in [-0.2, 0) is 6.61 Å². The Morgan fingerprint density at radius 3 is 2.45 bits per heavy atom. The summed E-state index contributed by atoms with van der Waals surface area (Å²) in [5.74, 6) is 1.56. The average molecular weight is 743 g/mol. The molecule has 1 aliphatic rings. The summed E-state index contributed by atoms with van der Waals surface area (Å²) in [5.41, 5.74) is 2.13. The van der Waals surface area contributed by atoms with Crippen molar-refractivity contribution in [2.45, 2.75) is 44.6 Å². The van der Waals surface area contributed by atoms with Gasteiger partial charge >= 0.3 is 0 Å². The molecule has 3 aromatic carbocycles.